The summed E-state index contributed by atoms with van der Waals surface area (Å²) in [6.45, 7) is 4.83. The normalized spacial score (nSPS) is 18.2. The highest BCUT2D eigenvalue weighted by atomic mass is 32.1. The largest absolute Gasteiger partial charge is 0.351 e. The summed E-state index contributed by atoms with van der Waals surface area (Å²) in [7, 11) is 2.14. The Labute approximate surface area is 105 Å². The van der Waals surface area contributed by atoms with E-state index >= 15 is 0 Å². The quantitative estimate of drug-likeness (QED) is 0.871. The Kier molecular flexibility index (Phi) is 4.06. The average molecular weight is 254 g/mol. The molecule has 2 rings (SSSR count). The predicted molar refractivity (Wildman–Crippen MR) is 67.2 cm³/mol. The maximum absolute atomic E-state index is 11.8. The van der Waals surface area contributed by atoms with Crippen LogP contribution in [0.4, 0.5) is 0 Å². The summed E-state index contributed by atoms with van der Waals surface area (Å²) in [5.41, 5.74) is 0.718. The molecule has 1 amide bonds. The Morgan fingerprint density at radius 2 is 2.24 bits per heavy atom. The van der Waals surface area contributed by atoms with Gasteiger partial charge in [-0.05, 0) is 57.4 Å². The number of amides is 1. The van der Waals surface area contributed by atoms with Crippen molar-refractivity contribution >= 4 is 17.4 Å². The van der Waals surface area contributed by atoms with Crippen molar-refractivity contribution in [2.75, 3.05) is 26.7 Å². The number of carbonyl (C=O) groups is 1. The van der Waals surface area contributed by atoms with Gasteiger partial charge in [0.2, 0.25) is 0 Å². The van der Waals surface area contributed by atoms with Gasteiger partial charge in [0.1, 0.15) is 4.88 Å². The summed E-state index contributed by atoms with van der Waals surface area (Å²) in [4.78, 5) is 14.8. The highest BCUT2D eigenvalue weighted by Gasteiger charge is 2.19. The molecule has 1 aliphatic rings. The summed E-state index contributed by atoms with van der Waals surface area (Å²) >= 11 is 1.16. The number of carbonyl (C=O) groups excluding carboxylic acids is 1. The number of piperidine rings is 1. The molecule has 5 nitrogen and oxygen atoms in total. The lowest BCUT2D eigenvalue weighted by molar-refractivity contribution is 0.0942. The van der Waals surface area contributed by atoms with Gasteiger partial charge in [-0.15, -0.1) is 5.10 Å². The third-order valence-electron chi connectivity index (χ3n) is 3.25. The Balaban J connectivity index is 1.79. The molecule has 1 aromatic rings. The number of hydrogen-bond donors (Lipinski definition) is 1. The van der Waals surface area contributed by atoms with E-state index in [4.69, 9.17) is 0 Å². The molecule has 0 radical (unpaired) electrons. The molecule has 0 atom stereocenters. The molecule has 1 fully saturated rings. The van der Waals surface area contributed by atoms with Crippen molar-refractivity contribution in [3.63, 3.8) is 0 Å². The number of hydrogen-bond acceptors (Lipinski definition) is 5. The molecule has 1 saturated heterocycles. The van der Waals surface area contributed by atoms with Crippen LogP contribution in [0.5, 0.6) is 0 Å². The molecule has 0 saturated carbocycles. The second kappa shape index (κ2) is 5.55. The monoisotopic (exact) mass is 254 g/mol. The van der Waals surface area contributed by atoms with Crippen LogP contribution < -0.4 is 5.32 Å². The van der Waals surface area contributed by atoms with Crippen molar-refractivity contribution in [2.24, 2.45) is 5.92 Å². The summed E-state index contributed by atoms with van der Waals surface area (Å²) in [5, 5.41) is 6.83. The average Bonchev–Trinajstić information content (AvgIpc) is 2.74. The molecular formula is C11H18N4OS. The van der Waals surface area contributed by atoms with Crippen LogP contribution in [0.1, 0.15) is 28.2 Å². The van der Waals surface area contributed by atoms with Gasteiger partial charge in [0, 0.05) is 6.54 Å². The lowest BCUT2D eigenvalue weighted by Gasteiger charge is -2.28. The van der Waals surface area contributed by atoms with Crippen molar-refractivity contribution in [1.82, 2.24) is 19.8 Å². The van der Waals surface area contributed by atoms with Crippen molar-refractivity contribution in [2.45, 2.75) is 19.8 Å². The first-order chi connectivity index (χ1) is 8.16. The van der Waals surface area contributed by atoms with Crippen LogP contribution in [0.3, 0.4) is 0 Å². The standard InChI is InChI=1S/C11H18N4OS/c1-8-10(17-14-13-8)11(16)12-7-9-3-5-15(2)6-4-9/h9H,3-7H2,1-2H3,(H,12,16). The first-order valence-corrected chi connectivity index (χ1v) is 6.70. The highest BCUT2D eigenvalue weighted by molar-refractivity contribution is 7.07. The molecule has 6 heteroatoms. The summed E-state index contributed by atoms with van der Waals surface area (Å²) in [6, 6.07) is 0. The first kappa shape index (κ1) is 12.4. The summed E-state index contributed by atoms with van der Waals surface area (Å²) in [6.07, 6.45) is 2.33. The molecule has 17 heavy (non-hydrogen) atoms. The van der Waals surface area contributed by atoms with Crippen LogP contribution in [-0.4, -0.2) is 47.1 Å². The molecule has 0 spiro atoms. The topological polar surface area (TPSA) is 58.1 Å². The van der Waals surface area contributed by atoms with E-state index in [9.17, 15) is 4.79 Å². The van der Waals surface area contributed by atoms with E-state index in [2.05, 4.69) is 26.9 Å². The Hall–Kier alpha value is -1.01. The minimum Gasteiger partial charge on any atom is -0.351 e. The van der Waals surface area contributed by atoms with Crippen LogP contribution in [0.25, 0.3) is 0 Å². The van der Waals surface area contributed by atoms with Gasteiger partial charge < -0.3 is 10.2 Å². The zero-order chi connectivity index (χ0) is 12.3. The molecule has 94 valence electrons. The number of nitrogens with zero attached hydrogens (tertiary/aromatic N) is 3. The highest BCUT2D eigenvalue weighted by Crippen LogP contribution is 2.15. The van der Waals surface area contributed by atoms with E-state index in [1.165, 1.54) is 0 Å². The summed E-state index contributed by atoms with van der Waals surface area (Å²) < 4.78 is 3.77. The SMILES string of the molecule is Cc1nnsc1C(=O)NCC1CCN(C)CC1. The molecule has 1 aliphatic heterocycles. The molecule has 1 aromatic heterocycles. The lowest BCUT2D eigenvalue weighted by atomic mass is 9.97. The molecule has 0 aliphatic carbocycles. The molecule has 1 N–H and O–H groups in total. The Bertz CT molecular complexity index is 385. The second-order valence-electron chi connectivity index (χ2n) is 4.64. The van der Waals surface area contributed by atoms with Crippen molar-refractivity contribution in [1.29, 1.82) is 0 Å². The predicted octanol–water partition coefficient (Wildman–Crippen LogP) is 0.918. The number of aryl methyl sites for hydroxylation is 1. The van der Waals surface area contributed by atoms with Crippen molar-refractivity contribution in [3.8, 4) is 0 Å². The second-order valence-corrected chi connectivity index (χ2v) is 5.40. The van der Waals surface area contributed by atoms with Gasteiger partial charge in [-0.2, -0.15) is 0 Å². The van der Waals surface area contributed by atoms with Crippen molar-refractivity contribution in [3.05, 3.63) is 10.6 Å². The molecule has 0 unspecified atom stereocenters. The Morgan fingerprint density at radius 3 is 2.82 bits per heavy atom. The maximum Gasteiger partial charge on any atom is 0.264 e. The van der Waals surface area contributed by atoms with Gasteiger partial charge in [-0.1, -0.05) is 4.49 Å². The van der Waals surface area contributed by atoms with E-state index in [1.807, 2.05) is 6.92 Å². The molecular weight excluding hydrogens is 236 g/mol. The van der Waals surface area contributed by atoms with E-state index in [0.717, 1.165) is 49.7 Å². The van der Waals surface area contributed by atoms with Gasteiger partial charge in [-0.25, -0.2) is 0 Å². The zero-order valence-corrected chi connectivity index (χ0v) is 11.1. The fraction of sp³-hybridized carbons (Fsp3) is 0.727. The van der Waals surface area contributed by atoms with Crippen molar-refractivity contribution < 1.29 is 4.79 Å². The number of aromatic nitrogens is 2. The van der Waals surface area contributed by atoms with E-state index in [-0.39, 0.29) is 5.91 Å². The molecule has 2 heterocycles. The smallest absolute Gasteiger partial charge is 0.264 e. The van der Waals surface area contributed by atoms with Crippen LogP contribution in [0.2, 0.25) is 0 Å². The molecule has 0 aromatic carbocycles. The fourth-order valence-corrected chi connectivity index (χ4v) is 2.60. The molecule has 0 bridgehead atoms. The van der Waals surface area contributed by atoms with E-state index < -0.39 is 0 Å². The van der Waals surface area contributed by atoms with Gasteiger partial charge in [-0.3, -0.25) is 4.79 Å². The number of rotatable bonds is 3. The first-order valence-electron chi connectivity index (χ1n) is 5.92. The minimum absolute atomic E-state index is 0.0311. The zero-order valence-electron chi connectivity index (χ0n) is 10.3. The van der Waals surface area contributed by atoms with Crippen LogP contribution in [0, 0.1) is 12.8 Å². The van der Waals surface area contributed by atoms with Gasteiger partial charge >= 0.3 is 0 Å². The third-order valence-corrected chi connectivity index (χ3v) is 4.07. The van der Waals surface area contributed by atoms with Crippen LogP contribution >= 0.6 is 11.5 Å². The Morgan fingerprint density at radius 1 is 1.53 bits per heavy atom. The van der Waals surface area contributed by atoms with E-state index in [1.54, 1.807) is 0 Å². The fourth-order valence-electron chi connectivity index (χ4n) is 2.02. The number of nitrogens with one attached hydrogen (secondary N) is 1. The minimum atomic E-state index is -0.0311. The van der Waals surface area contributed by atoms with Gasteiger partial charge in [0.15, 0.2) is 0 Å². The van der Waals surface area contributed by atoms with Crippen LogP contribution in [0.15, 0.2) is 0 Å². The van der Waals surface area contributed by atoms with Gasteiger partial charge in [0.25, 0.3) is 5.91 Å². The lowest BCUT2D eigenvalue weighted by Crippen LogP contribution is -2.36. The maximum atomic E-state index is 11.8. The number of likely N-dealkylation sites (tertiary alicyclic amines) is 1. The van der Waals surface area contributed by atoms with Crippen LogP contribution in [-0.2, 0) is 0 Å². The van der Waals surface area contributed by atoms with E-state index in [0.29, 0.717) is 10.8 Å². The third kappa shape index (κ3) is 3.23. The summed E-state index contributed by atoms with van der Waals surface area (Å²) in [5.74, 6) is 0.577. The van der Waals surface area contributed by atoms with Gasteiger partial charge in [0.05, 0.1) is 5.69 Å².